The average Bonchev–Trinajstić information content (AvgIpc) is 2.76. The van der Waals surface area contributed by atoms with Crippen LogP contribution < -0.4 is 20.1 Å². The SMILES string of the molecule is COc1ccc(OCCNc2nccc(C(=O)NCc3ccccn3)n2)cc1. The summed E-state index contributed by atoms with van der Waals surface area (Å²) in [6, 6.07) is 14.4. The number of rotatable bonds is 9. The van der Waals surface area contributed by atoms with Gasteiger partial charge in [-0.25, -0.2) is 9.97 Å². The molecule has 0 aliphatic carbocycles. The number of hydrogen-bond donors (Lipinski definition) is 2. The van der Waals surface area contributed by atoms with E-state index >= 15 is 0 Å². The highest BCUT2D eigenvalue weighted by atomic mass is 16.5. The smallest absolute Gasteiger partial charge is 0.270 e. The largest absolute Gasteiger partial charge is 0.497 e. The summed E-state index contributed by atoms with van der Waals surface area (Å²) in [6.07, 6.45) is 3.22. The molecule has 0 aliphatic rings. The topological polar surface area (TPSA) is 98.3 Å². The number of hydrogen-bond acceptors (Lipinski definition) is 7. The van der Waals surface area contributed by atoms with Gasteiger partial charge in [-0.3, -0.25) is 9.78 Å². The number of aromatic nitrogens is 3. The molecule has 3 aromatic rings. The van der Waals surface area contributed by atoms with Crippen molar-refractivity contribution in [1.82, 2.24) is 20.3 Å². The number of ether oxygens (including phenoxy) is 2. The minimum Gasteiger partial charge on any atom is -0.497 e. The number of anilines is 1. The van der Waals surface area contributed by atoms with E-state index < -0.39 is 0 Å². The van der Waals surface area contributed by atoms with Crippen molar-refractivity contribution >= 4 is 11.9 Å². The molecule has 1 amide bonds. The average molecular weight is 379 g/mol. The Morgan fingerprint density at radius 3 is 2.57 bits per heavy atom. The van der Waals surface area contributed by atoms with E-state index in [0.717, 1.165) is 17.2 Å². The van der Waals surface area contributed by atoms with Gasteiger partial charge in [-0.2, -0.15) is 0 Å². The lowest BCUT2D eigenvalue weighted by Crippen LogP contribution is -2.25. The Bertz CT molecular complexity index is 888. The summed E-state index contributed by atoms with van der Waals surface area (Å²) in [7, 11) is 1.62. The fourth-order valence-electron chi connectivity index (χ4n) is 2.34. The van der Waals surface area contributed by atoms with Crippen LogP contribution >= 0.6 is 0 Å². The van der Waals surface area contributed by atoms with E-state index in [9.17, 15) is 4.79 Å². The number of carbonyl (C=O) groups excluding carboxylic acids is 1. The van der Waals surface area contributed by atoms with Crippen LogP contribution in [-0.2, 0) is 6.54 Å². The highest BCUT2D eigenvalue weighted by Gasteiger charge is 2.08. The lowest BCUT2D eigenvalue weighted by molar-refractivity contribution is 0.0945. The Morgan fingerprint density at radius 2 is 1.82 bits per heavy atom. The van der Waals surface area contributed by atoms with Crippen molar-refractivity contribution in [2.75, 3.05) is 25.6 Å². The molecule has 0 saturated heterocycles. The van der Waals surface area contributed by atoms with Gasteiger partial charge in [-0.1, -0.05) is 6.07 Å². The first kappa shape index (κ1) is 19.1. The second kappa shape index (κ2) is 9.86. The van der Waals surface area contributed by atoms with Crippen LogP contribution in [0.4, 0.5) is 5.95 Å². The van der Waals surface area contributed by atoms with Crippen LogP contribution in [0.15, 0.2) is 60.9 Å². The molecule has 28 heavy (non-hydrogen) atoms. The summed E-state index contributed by atoms with van der Waals surface area (Å²) >= 11 is 0. The second-order valence-electron chi connectivity index (χ2n) is 5.72. The van der Waals surface area contributed by atoms with E-state index in [-0.39, 0.29) is 11.6 Å². The van der Waals surface area contributed by atoms with Crippen molar-refractivity contribution in [3.63, 3.8) is 0 Å². The molecule has 2 aromatic heterocycles. The van der Waals surface area contributed by atoms with Gasteiger partial charge < -0.3 is 20.1 Å². The maximum Gasteiger partial charge on any atom is 0.270 e. The molecule has 3 rings (SSSR count). The molecule has 0 radical (unpaired) electrons. The first-order chi connectivity index (χ1) is 13.7. The molecule has 2 heterocycles. The third kappa shape index (κ3) is 5.66. The van der Waals surface area contributed by atoms with Crippen LogP contribution in [0.5, 0.6) is 11.5 Å². The van der Waals surface area contributed by atoms with Crippen molar-refractivity contribution in [2.45, 2.75) is 6.54 Å². The Balaban J connectivity index is 1.45. The van der Waals surface area contributed by atoms with E-state index in [1.807, 2.05) is 42.5 Å². The van der Waals surface area contributed by atoms with E-state index in [0.29, 0.717) is 25.6 Å². The van der Waals surface area contributed by atoms with Crippen molar-refractivity contribution in [3.05, 3.63) is 72.3 Å². The van der Waals surface area contributed by atoms with E-state index in [1.165, 1.54) is 6.20 Å². The molecule has 0 bridgehead atoms. The van der Waals surface area contributed by atoms with Gasteiger partial charge >= 0.3 is 0 Å². The number of methoxy groups -OCH3 is 1. The minimum atomic E-state index is -0.286. The number of nitrogens with zero attached hydrogens (tertiary/aromatic N) is 3. The third-order valence-electron chi connectivity index (χ3n) is 3.76. The quantitative estimate of drug-likeness (QED) is 0.551. The number of pyridine rings is 1. The van der Waals surface area contributed by atoms with Crippen molar-refractivity contribution in [2.24, 2.45) is 0 Å². The first-order valence-corrected chi connectivity index (χ1v) is 8.76. The van der Waals surface area contributed by atoms with Gasteiger partial charge in [-0.15, -0.1) is 0 Å². The molecule has 8 heteroatoms. The summed E-state index contributed by atoms with van der Waals surface area (Å²) in [5, 5.41) is 5.83. The van der Waals surface area contributed by atoms with Crippen LogP contribution in [0.3, 0.4) is 0 Å². The summed E-state index contributed by atoms with van der Waals surface area (Å²) in [6.45, 7) is 1.25. The highest BCUT2D eigenvalue weighted by molar-refractivity contribution is 5.92. The molecule has 0 aliphatic heterocycles. The van der Waals surface area contributed by atoms with Gasteiger partial charge in [0.15, 0.2) is 0 Å². The van der Waals surface area contributed by atoms with Gasteiger partial charge in [-0.05, 0) is 42.5 Å². The second-order valence-corrected chi connectivity index (χ2v) is 5.72. The lowest BCUT2D eigenvalue weighted by atomic mass is 10.3. The number of benzene rings is 1. The third-order valence-corrected chi connectivity index (χ3v) is 3.76. The predicted molar refractivity (Wildman–Crippen MR) is 104 cm³/mol. The van der Waals surface area contributed by atoms with Gasteiger partial charge in [0, 0.05) is 12.4 Å². The Kier molecular flexibility index (Phi) is 6.73. The summed E-state index contributed by atoms with van der Waals surface area (Å²) in [5.41, 5.74) is 1.06. The normalized spacial score (nSPS) is 10.2. The molecule has 144 valence electrons. The maximum atomic E-state index is 12.2. The molecule has 0 atom stereocenters. The zero-order chi connectivity index (χ0) is 19.6. The molecular formula is C20H21N5O3. The number of amides is 1. The summed E-state index contributed by atoms with van der Waals surface area (Å²) in [4.78, 5) is 24.8. The minimum absolute atomic E-state index is 0.282. The van der Waals surface area contributed by atoms with Crippen molar-refractivity contribution < 1.29 is 14.3 Å². The predicted octanol–water partition coefficient (Wildman–Crippen LogP) is 2.30. The standard InChI is InChI=1S/C20H21N5O3/c1-27-16-5-7-17(8-6-16)28-13-12-23-20-22-11-9-18(25-20)19(26)24-14-15-4-2-3-10-21-15/h2-11H,12-14H2,1H3,(H,24,26)(H,22,23,25). The zero-order valence-corrected chi connectivity index (χ0v) is 15.5. The van der Waals surface area contributed by atoms with Gasteiger partial charge in [0.05, 0.1) is 25.9 Å². The van der Waals surface area contributed by atoms with Gasteiger partial charge in [0.2, 0.25) is 5.95 Å². The number of carbonyl (C=O) groups is 1. The molecule has 2 N–H and O–H groups in total. The van der Waals surface area contributed by atoms with E-state index in [2.05, 4.69) is 25.6 Å². The van der Waals surface area contributed by atoms with E-state index in [4.69, 9.17) is 9.47 Å². The number of nitrogens with one attached hydrogen (secondary N) is 2. The fraction of sp³-hybridized carbons (Fsp3) is 0.200. The van der Waals surface area contributed by atoms with Crippen molar-refractivity contribution in [1.29, 1.82) is 0 Å². The summed E-state index contributed by atoms with van der Waals surface area (Å²) < 4.78 is 10.7. The fourth-order valence-corrected chi connectivity index (χ4v) is 2.34. The van der Waals surface area contributed by atoms with Crippen LogP contribution in [0.2, 0.25) is 0 Å². The summed E-state index contributed by atoms with van der Waals surface area (Å²) in [5.74, 6) is 1.59. The van der Waals surface area contributed by atoms with Gasteiger partial charge in [0.1, 0.15) is 23.8 Å². The first-order valence-electron chi connectivity index (χ1n) is 8.76. The Labute approximate surface area is 163 Å². The van der Waals surface area contributed by atoms with Crippen LogP contribution in [0, 0.1) is 0 Å². The molecule has 0 fully saturated rings. The van der Waals surface area contributed by atoms with Crippen LogP contribution in [0.1, 0.15) is 16.2 Å². The highest BCUT2D eigenvalue weighted by Crippen LogP contribution is 2.16. The molecule has 8 nitrogen and oxygen atoms in total. The molecule has 0 saturated carbocycles. The lowest BCUT2D eigenvalue weighted by Gasteiger charge is -2.09. The van der Waals surface area contributed by atoms with Crippen LogP contribution in [-0.4, -0.2) is 41.1 Å². The molecule has 0 spiro atoms. The molecular weight excluding hydrogens is 358 g/mol. The molecule has 0 unspecified atom stereocenters. The van der Waals surface area contributed by atoms with E-state index in [1.54, 1.807) is 19.4 Å². The van der Waals surface area contributed by atoms with Gasteiger partial charge in [0.25, 0.3) is 5.91 Å². The van der Waals surface area contributed by atoms with Crippen molar-refractivity contribution in [3.8, 4) is 11.5 Å². The molecule has 1 aromatic carbocycles. The Hall–Kier alpha value is -3.68. The monoisotopic (exact) mass is 379 g/mol. The maximum absolute atomic E-state index is 12.2. The van der Waals surface area contributed by atoms with Crippen LogP contribution in [0.25, 0.3) is 0 Å². The zero-order valence-electron chi connectivity index (χ0n) is 15.5. The Morgan fingerprint density at radius 1 is 1.00 bits per heavy atom.